The molecule has 0 amide bonds. The SMILES string of the molecule is C=C(CC)[C@@](C)(OCc1ccc(OC)cc1)C(OCCC)OCCC. The Bertz CT molecular complexity index is 489. The fourth-order valence-corrected chi connectivity index (χ4v) is 2.46. The largest absolute Gasteiger partial charge is 0.497 e. The van der Waals surface area contributed by atoms with Crippen LogP contribution in [0.1, 0.15) is 52.5 Å². The van der Waals surface area contributed by atoms with E-state index < -0.39 is 11.9 Å². The maximum Gasteiger partial charge on any atom is 0.190 e. The standard InChI is InChI=1S/C21H34O4/c1-7-14-23-20(24-15-8-2)21(5,17(4)9-3)25-16-18-10-12-19(22-6)13-11-18/h10-13,20H,4,7-9,14-16H2,1-3,5-6H3/t21-/m1/s1. The van der Waals surface area contributed by atoms with Crippen LogP contribution in [0.3, 0.4) is 0 Å². The maximum absolute atomic E-state index is 6.31. The van der Waals surface area contributed by atoms with Gasteiger partial charge in [-0.25, -0.2) is 0 Å². The van der Waals surface area contributed by atoms with E-state index in [-0.39, 0.29) is 0 Å². The molecule has 0 fully saturated rings. The summed E-state index contributed by atoms with van der Waals surface area (Å²) >= 11 is 0. The third-order valence-corrected chi connectivity index (χ3v) is 4.22. The Morgan fingerprint density at radius 2 is 1.60 bits per heavy atom. The van der Waals surface area contributed by atoms with Crippen molar-refractivity contribution < 1.29 is 18.9 Å². The second-order valence-corrected chi connectivity index (χ2v) is 6.27. The Labute approximate surface area is 153 Å². The van der Waals surface area contributed by atoms with Gasteiger partial charge in [-0.1, -0.05) is 39.5 Å². The quantitative estimate of drug-likeness (QED) is 0.366. The molecule has 0 spiro atoms. The van der Waals surface area contributed by atoms with E-state index >= 15 is 0 Å². The van der Waals surface area contributed by atoms with Crippen molar-refractivity contribution in [1.29, 1.82) is 0 Å². The molecular weight excluding hydrogens is 316 g/mol. The minimum absolute atomic E-state index is 0.459. The summed E-state index contributed by atoms with van der Waals surface area (Å²) in [4.78, 5) is 0. The predicted octanol–water partition coefficient (Wildman–Crippen LogP) is 5.12. The van der Waals surface area contributed by atoms with Crippen LogP contribution in [0.5, 0.6) is 5.75 Å². The van der Waals surface area contributed by atoms with Crippen LogP contribution in [0.15, 0.2) is 36.4 Å². The van der Waals surface area contributed by atoms with E-state index in [9.17, 15) is 0 Å². The van der Waals surface area contributed by atoms with Gasteiger partial charge >= 0.3 is 0 Å². The van der Waals surface area contributed by atoms with Gasteiger partial charge in [0.05, 0.1) is 13.7 Å². The molecule has 1 rings (SSSR count). The van der Waals surface area contributed by atoms with Gasteiger partial charge in [-0.05, 0) is 49.5 Å². The Morgan fingerprint density at radius 3 is 2.04 bits per heavy atom. The first kappa shape index (κ1) is 21.7. The van der Waals surface area contributed by atoms with Crippen molar-refractivity contribution in [3.05, 3.63) is 42.0 Å². The average molecular weight is 350 g/mol. The van der Waals surface area contributed by atoms with Gasteiger partial charge < -0.3 is 18.9 Å². The summed E-state index contributed by atoms with van der Waals surface area (Å²) in [5.74, 6) is 0.833. The second-order valence-electron chi connectivity index (χ2n) is 6.27. The topological polar surface area (TPSA) is 36.9 Å². The molecule has 0 aliphatic heterocycles. The average Bonchev–Trinajstić information content (AvgIpc) is 2.65. The normalized spacial score (nSPS) is 13.7. The summed E-state index contributed by atoms with van der Waals surface area (Å²) in [6.45, 7) is 14.2. The molecule has 0 saturated heterocycles. The van der Waals surface area contributed by atoms with Gasteiger partial charge in [0.15, 0.2) is 6.29 Å². The lowest BCUT2D eigenvalue weighted by atomic mass is 9.93. The molecule has 1 aromatic carbocycles. The predicted molar refractivity (Wildman–Crippen MR) is 102 cm³/mol. The summed E-state index contributed by atoms with van der Waals surface area (Å²) < 4.78 is 23.5. The Balaban J connectivity index is 2.90. The zero-order chi connectivity index (χ0) is 18.7. The van der Waals surface area contributed by atoms with Crippen LogP contribution in [-0.2, 0) is 20.8 Å². The summed E-state index contributed by atoms with van der Waals surface area (Å²) in [6, 6.07) is 7.87. The van der Waals surface area contributed by atoms with Crippen LogP contribution in [-0.4, -0.2) is 32.2 Å². The molecule has 0 aliphatic carbocycles. The molecule has 4 heteroatoms. The molecule has 0 radical (unpaired) electrons. The van der Waals surface area contributed by atoms with Crippen LogP contribution in [0.2, 0.25) is 0 Å². The lowest BCUT2D eigenvalue weighted by Crippen LogP contribution is -2.47. The van der Waals surface area contributed by atoms with Crippen LogP contribution >= 0.6 is 0 Å². The lowest BCUT2D eigenvalue weighted by molar-refractivity contribution is -0.239. The highest BCUT2D eigenvalue weighted by molar-refractivity contribution is 5.27. The van der Waals surface area contributed by atoms with Gasteiger partial charge in [-0.3, -0.25) is 0 Å². The van der Waals surface area contributed by atoms with Crippen LogP contribution in [0, 0.1) is 0 Å². The highest BCUT2D eigenvalue weighted by Gasteiger charge is 2.39. The van der Waals surface area contributed by atoms with Crippen LogP contribution in [0.4, 0.5) is 0 Å². The van der Waals surface area contributed by atoms with Gasteiger partial charge in [0.2, 0.25) is 0 Å². The van der Waals surface area contributed by atoms with Gasteiger partial charge in [0.1, 0.15) is 11.4 Å². The van der Waals surface area contributed by atoms with Gasteiger partial charge in [0, 0.05) is 13.2 Å². The van der Waals surface area contributed by atoms with Gasteiger partial charge in [0.25, 0.3) is 0 Å². The van der Waals surface area contributed by atoms with E-state index in [1.54, 1.807) is 7.11 Å². The van der Waals surface area contributed by atoms with E-state index in [1.165, 1.54) is 0 Å². The first-order chi connectivity index (χ1) is 12.0. The summed E-state index contributed by atoms with van der Waals surface area (Å²) in [5, 5.41) is 0. The summed E-state index contributed by atoms with van der Waals surface area (Å²) in [5.41, 5.74) is 1.35. The molecule has 0 aliphatic rings. The van der Waals surface area contributed by atoms with Crippen molar-refractivity contribution in [3.8, 4) is 5.75 Å². The minimum atomic E-state index is -0.695. The molecule has 0 bridgehead atoms. The maximum atomic E-state index is 6.31. The molecular formula is C21H34O4. The Hall–Kier alpha value is -1.36. The Kier molecular flexibility index (Phi) is 9.79. The number of benzene rings is 1. The van der Waals surface area contributed by atoms with E-state index in [4.69, 9.17) is 18.9 Å². The summed E-state index contributed by atoms with van der Waals surface area (Å²) in [6.07, 6.45) is 2.21. The highest BCUT2D eigenvalue weighted by atomic mass is 16.7. The minimum Gasteiger partial charge on any atom is -0.497 e. The highest BCUT2D eigenvalue weighted by Crippen LogP contribution is 2.31. The fraction of sp³-hybridized carbons (Fsp3) is 0.619. The van der Waals surface area contributed by atoms with E-state index in [0.29, 0.717) is 19.8 Å². The summed E-state index contributed by atoms with van der Waals surface area (Å²) in [7, 11) is 1.66. The first-order valence-electron chi connectivity index (χ1n) is 9.20. The molecule has 25 heavy (non-hydrogen) atoms. The van der Waals surface area contributed by atoms with Crippen molar-refractivity contribution in [2.75, 3.05) is 20.3 Å². The molecule has 0 heterocycles. The monoisotopic (exact) mass is 350 g/mol. The zero-order valence-corrected chi connectivity index (χ0v) is 16.5. The number of hydrogen-bond acceptors (Lipinski definition) is 4. The number of rotatable bonds is 13. The van der Waals surface area contributed by atoms with Crippen molar-refractivity contribution in [3.63, 3.8) is 0 Å². The molecule has 4 nitrogen and oxygen atoms in total. The van der Waals surface area contributed by atoms with E-state index in [0.717, 1.165) is 36.1 Å². The van der Waals surface area contributed by atoms with Crippen molar-refractivity contribution in [2.24, 2.45) is 0 Å². The van der Waals surface area contributed by atoms with E-state index in [2.05, 4.69) is 27.4 Å². The van der Waals surface area contributed by atoms with Gasteiger partial charge in [-0.15, -0.1) is 0 Å². The number of methoxy groups -OCH3 is 1. The van der Waals surface area contributed by atoms with Crippen LogP contribution in [0.25, 0.3) is 0 Å². The van der Waals surface area contributed by atoms with Crippen molar-refractivity contribution >= 4 is 0 Å². The zero-order valence-electron chi connectivity index (χ0n) is 16.5. The van der Waals surface area contributed by atoms with Crippen molar-refractivity contribution in [2.45, 2.75) is 65.5 Å². The third-order valence-electron chi connectivity index (χ3n) is 4.22. The molecule has 0 N–H and O–H groups in total. The smallest absolute Gasteiger partial charge is 0.190 e. The second kappa shape index (κ2) is 11.3. The van der Waals surface area contributed by atoms with Gasteiger partial charge in [-0.2, -0.15) is 0 Å². The molecule has 0 saturated carbocycles. The molecule has 1 aromatic rings. The van der Waals surface area contributed by atoms with Crippen LogP contribution < -0.4 is 4.74 Å². The third kappa shape index (κ3) is 6.46. The Morgan fingerprint density at radius 1 is 1.04 bits per heavy atom. The number of hydrogen-bond donors (Lipinski definition) is 0. The molecule has 0 unspecified atom stereocenters. The number of ether oxygens (including phenoxy) is 4. The van der Waals surface area contributed by atoms with E-state index in [1.807, 2.05) is 31.2 Å². The van der Waals surface area contributed by atoms with Crippen molar-refractivity contribution in [1.82, 2.24) is 0 Å². The molecule has 1 atom stereocenters. The molecule has 0 aromatic heterocycles. The first-order valence-corrected chi connectivity index (χ1v) is 9.20. The molecule has 142 valence electrons. The lowest BCUT2D eigenvalue weighted by Gasteiger charge is -2.38. The fourth-order valence-electron chi connectivity index (χ4n) is 2.46.